The smallest absolute Gasteiger partial charge is 0.338 e. The van der Waals surface area contributed by atoms with Crippen LogP contribution >= 0.6 is 0 Å². The van der Waals surface area contributed by atoms with Crippen molar-refractivity contribution in [1.82, 2.24) is 0 Å². The molecular formula is C41H66O11Si2. The fourth-order valence-corrected chi connectivity index (χ4v) is 14.3. The minimum Gasteiger partial charge on any atom is -0.459 e. The lowest BCUT2D eigenvalue weighted by molar-refractivity contribution is -0.310. The first-order valence-corrected chi connectivity index (χ1v) is 25.7. The van der Waals surface area contributed by atoms with E-state index < -0.39 is 99.1 Å². The summed E-state index contributed by atoms with van der Waals surface area (Å²) in [6.45, 7) is 23.9. The highest BCUT2D eigenvalue weighted by atomic mass is 28.4. The number of aliphatic hydroxyl groups is 3. The van der Waals surface area contributed by atoms with Crippen LogP contribution in [-0.2, 0) is 32.7 Å². The van der Waals surface area contributed by atoms with Crippen LogP contribution in [0.5, 0.6) is 0 Å². The Bertz CT molecular complexity index is 1560. The van der Waals surface area contributed by atoms with Crippen molar-refractivity contribution in [1.29, 1.82) is 0 Å². The Morgan fingerprint density at radius 3 is 1.91 bits per heavy atom. The summed E-state index contributed by atoms with van der Waals surface area (Å²) in [5.41, 5.74) is -5.34. The number of rotatable bonds is 12. The van der Waals surface area contributed by atoms with E-state index in [0.29, 0.717) is 11.1 Å². The van der Waals surface area contributed by atoms with Crippen molar-refractivity contribution in [3.63, 3.8) is 0 Å². The summed E-state index contributed by atoms with van der Waals surface area (Å²) in [6.07, 6.45) is -7.40. The third-order valence-electron chi connectivity index (χ3n) is 13.3. The molecule has 54 heavy (non-hydrogen) atoms. The Morgan fingerprint density at radius 1 is 0.852 bits per heavy atom. The lowest BCUT2D eigenvalue weighted by Crippen LogP contribution is -2.79. The summed E-state index contributed by atoms with van der Waals surface area (Å²) in [7, 11) is -4.87. The molecule has 0 aliphatic heterocycles. The molecule has 2 fully saturated rings. The molecule has 0 spiro atoms. The fourth-order valence-electron chi connectivity index (χ4n) is 10.2. The number of hydrogen-bond acceptors (Lipinski definition) is 11. The maximum absolute atomic E-state index is 14.5. The summed E-state index contributed by atoms with van der Waals surface area (Å²) in [5.74, 6) is -3.38. The van der Waals surface area contributed by atoms with Crippen LogP contribution in [0.2, 0.25) is 37.8 Å². The number of hydrogen-bond donors (Lipinski definition) is 3. The van der Waals surface area contributed by atoms with Gasteiger partial charge in [0.2, 0.25) is 0 Å². The molecule has 10 atom stereocenters. The Balaban J connectivity index is 2.25. The van der Waals surface area contributed by atoms with Gasteiger partial charge in [0.1, 0.15) is 29.5 Å². The molecule has 13 heteroatoms. The molecular weight excluding hydrogens is 725 g/mol. The van der Waals surface area contributed by atoms with E-state index >= 15 is 0 Å². The van der Waals surface area contributed by atoms with Gasteiger partial charge in [0.05, 0.1) is 29.8 Å². The van der Waals surface area contributed by atoms with E-state index in [2.05, 4.69) is 20.8 Å². The summed E-state index contributed by atoms with van der Waals surface area (Å²) in [5, 5.41) is 39.3. The number of esters is 3. The van der Waals surface area contributed by atoms with E-state index in [4.69, 9.17) is 23.1 Å². The maximum atomic E-state index is 14.5. The van der Waals surface area contributed by atoms with Gasteiger partial charge in [-0.25, -0.2) is 4.79 Å². The Kier molecular flexibility index (Phi) is 13.0. The van der Waals surface area contributed by atoms with Crippen LogP contribution < -0.4 is 0 Å². The van der Waals surface area contributed by atoms with Gasteiger partial charge in [0.25, 0.3) is 0 Å². The van der Waals surface area contributed by atoms with Crippen molar-refractivity contribution in [2.45, 2.75) is 174 Å². The van der Waals surface area contributed by atoms with E-state index in [9.17, 15) is 29.7 Å². The van der Waals surface area contributed by atoms with E-state index in [1.807, 2.05) is 33.5 Å². The molecule has 1 aromatic rings. The van der Waals surface area contributed by atoms with Gasteiger partial charge in [-0.3, -0.25) is 9.59 Å². The third-order valence-corrected chi connectivity index (χ3v) is 18.9. The first-order valence-electron chi connectivity index (χ1n) is 19.7. The number of benzene rings is 1. The summed E-state index contributed by atoms with van der Waals surface area (Å²) >= 11 is 0. The highest BCUT2D eigenvalue weighted by Gasteiger charge is 2.76. The van der Waals surface area contributed by atoms with E-state index in [-0.39, 0.29) is 24.8 Å². The zero-order valence-electron chi connectivity index (χ0n) is 34.8. The molecule has 11 nitrogen and oxygen atoms in total. The molecule has 0 radical (unpaired) electrons. The van der Waals surface area contributed by atoms with Gasteiger partial charge in [-0.2, -0.15) is 0 Å². The summed E-state index contributed by atoms with van der Waals surface area (Å²) < 4.78 is 33.4. The average Bonchev–Trinajstić information content (AvgIpc) is 3.09. The maximum Gasteiger partial charge on any atom is 0.338 e. The van der Waals surface area contributed by atoms with Crippen molar-refractivity contribution in [2.24, 2.45) is 16.7 Å². The van der Waals surface area contributed by atoms with E-state index in [1.165, 1.54) is 13.8 Å². The first-order chi connectivity index (χ1) is 24.9. The van der Waals surface area contributed by atoms with Crippen molar-refractivity contribution in [2.75, 3.05) is 0 Å². The minimum absolute atomic E-state index is 0.0338. The van der Waals surface area contributed by atoms with Crippen LogP contribution in [0, 0.1) is 16.7 Å². The van der Waals surface area contributed by atoms with Crippen molar-refractivity contribution in [3.05, 3.63) is 47.0 Å². The molecule has 2 bridgehead atoms. The SMILES string of the molecule is CC[C@@]1(OC(C)=O)C2[C@H](OC(=O)c3ccccc3)[C@]3(O)C[C@H](O[Si](C)(C)C)C(C)=C([C@@H](O)[C@@H](OC(C)=O)[C@]2(C)[C@@H](O[Si](CC)(CC)CC)C[C@H]1O)C3(C)C. The predicted octanol–water partition coefficient (Wildman–Crippen LogP) is 6.71. The second-order valence-electron chi connectivity index (χ2n) is 17.6. The first kappa shape index (κ1) is 44.3. The van der Waals surface area contributed by atoms with Crippen LogP contribution in [0.3, 0.4) is 0 Å². The quantitative estimate of drug-likeness (QED) is 0.0895. The molecule has 2 saturated carbocycles. The van der Waals surface area contributed by atoms with Gasteiger partial charge in [0.15, 0.2) is 16.6 Å². The molecule has 4 rings (SSSR count). The van der Waals surface area contributed by atoms with Gasteiger partial charge < -0.3 is 38.4 Å². The van der Waals surface area contributed by atoms with Gasteiger partial charge in [0, 0.05) is 37.5 Å². The largest absolute Gasteiger partial charge is 0.459 e. The number of ether oxygens (including phenoxy) is 3. The van der Waals surface area contributed by atoms with Gasteiger partial charge in [-0.15, -0.1) is 0 Å². The summed E-state index contributed by atoms with van der Waals surface area (Å²) in [6, 6.07) is 10.7. The van der Waals surface area contributed by atoms with Crippen LogP contribution in [0.4, 0.5) is 0 Å². The van der Waals surface area contributed by atoms with E-state index in [1.54, 1.807) is 51.1 Å². The van der Waals surface area contributed by atoms with Crippen LogP contribution in [-0.4, -0.2) is 97.7 Å². The van der Waals surface area contributed by atoms with Crippen LogP contribution in [0.1, 0.15) is 98.9 Å². The third kappa shape index (κ3) is 7.55. The molecule has 0 aromatic heterocycles. The minimum atomic E-state index is -2.54. The Labute approximate surface area is 324 Å². The zero-order chi connectivity index (χ0) is 40.8. The Hall–Kier alpha value is -2.40. The van der Waals surface area contributed by atoms with Gasteiger partial charge in [-0.1, -0.05) is 66.7 Å². The van der Waals surface area contributed by atoms with Crippen molar-refractivity contribution >= 4 is 34.5 Å². The Morgan fingerprint density at radius 2 is 1.43 bits per heavy atom. The second kappa shape index (κ2) is 15.9. The summed E-state index contributed by atoms with van der Waals surface area (Å²) in [4.78, 5) is 41.0. The predicted molar refractivity (Wildman–Crippen MR) is 211 cm³/mol. The average molecular weight is 791 g/mol. The molecule has 3 aliphatic carbocycles. The normalized spacial score (nSPS) is 35.3. The molecule has 0 heterocycles. The standard InChI is InChI=1S/C41H66O11Si2/c1-14-40(50-27(7)43)30(44)23-31(52-54(15-2,16-3)17-4)39(10)34(40)36(49-37(46)28-21-19-18-20-22-28)41(47)24-29(51-53(11,12)13)25(5)32(38(41,8)9)33(45)35(39)48-26(6)42/h18-22,29-31,33-36,44-45,47H,14-17,23-24H2,1-13H3/t29-,30+,31-,33+,34?,35+,36-,39+,40-,41+/m0/s1. The van der Waals surface area contributed by atoms with Crippen LogP contribution in [0.25, 0.3) is 0 Å². The molecule has 0 saturated heterocycles. The van der Waals surface area contributed by atoms with Crippen molar-refractivity contribution < 1.29 is 52.8 Å². The highest BCUT2D eigenvalue weighted by molar-refractivity contribution is 6.73. The number of carbonyl (C=O) groups is 3. The fraction of sp³-hybridized carbons (Fsp3) is 0.732. The molecule has 1 aromatic carbocycles. The lowest BCUT2D eigenvalue weighted by Gasteiger charge is -2.67. The topological polar surface area (TPSA) is 158 Å². The molecule has 3 N–H and O–H groups in total. The molecule has 1 unspecified atom stereocenters. The molecule has 3 aliphatic rings. The highest BCUT2D eigenvalue weighted by Crippen LogP contribution is 2.65. The molecule has 304 valence electrons. The monoisotopic (exact) mass is 790 g/mol. The van der Waals surface area contributed by atoms with Crippen molar-refractivity contribution in [3.8, 4) is 0 Å². The number of fused-ring (bicyclic) bond motifs is 3. The van der Waals surface area contributed by atoms with Gasteiger partial charge in [-0.05, 0) is 74.4 Å². The van der Waals surface area contributed by atoms with Crippen LogP contribution in [0.15, 0.2) is 41.5 Å². The second-order valence-corrected chi connectivity index (χ2v) is 26.8. The van der Waals surface area contributed by atoms with Gasteiger partial charge >= 0.3 is 17.9 Å². The lowest BCUT2D eigenvalue weighted by atomic mass is 9.44. The zero-order valence-corrected chi connectivity index (χ0v) is 36.8. The molecule has 0 amide bonds. The number of aliphatic hydroxyl groups excluding tert-OH is 2. The van der Waals surface area contributed by atoms with E-state index in [0.717, 1.165) is 18.1 Å². The number of carbonyl (C=O) groups excluding carboxylic acids is 3.